The molecule has 8 N–H and O–H groups in total. The Morgan fingerprint density at radius 3 is 0.924 bits per heavy atom. The van der Waals surface area contributed by atoms with Gasteiger partial charge in [-0.3, -0.25) is 19.6 Å². The van der Waals surface area contributed by atoms with E-state index in [2.05, 4.69) is 127 Å². The third-order valence-corrected chi connectivity index (χ3v) is 26.4. The van der Waals surface area contributed by atoms with Gasteiger partial charge in [0.25, 0.3) is 23.3 Å². The van der Waals surface area contributed by atoms with Crippen LogP contribution in [-0.4, -0.2) is 140 Å². The largest absolute Gasteiger partial charge is 0.496 e. The number of aliphatic hydroxyl groups excluding tert-OH is 8. The third-order valence-electron chi connectivity index (χ3n) is 26.4. The molecule has 10 heterocycles. The Balaban J connectivity index is 0.000000148. The van der Waals surface area contributed by atoms with Crippen LogP contribution in [0.25, 0.3) is 110 Å². The van der Waals surface area contributed by atoms with Crippen LogP contribution < -0.4 is 66.3 Å². The molecule has 14 aromatic rings. The maximum absolute atomic E-state index is 9.89. The molecule has 2 fully saturated rings. The smallest absolute Gasteiger partial charge is 0.284 e. The summed E-state index contributed by atoms with van der Waals surface area (Å²) < 4.78 is 54.9. The third kappa shape index (κ3) is 18.3. The number of aromatic nitrogens is 4. The van der Waals surface area contributed by atoms with Crippen LogP contribution in [0.2, 0.25) is 0 Å². The number of furan rings is 2. The van der Waals surface area contributed by atoms with Gasteiger partial charge in [-0.2, -0.15) is 0 Å². The van der Waals surface area contributed by atoms with Crippen molar-refractivity contribution in [1.29, 1.82) is 0 Å². The Morgan fingerprint density at radius 2 is 0.598 bits per heavy atom. The topological polar surface area (TPSA) is 272 Å². The van der Waals surface area contributed by atoms with Crippen LogP contribution in [0.5, 0.6) is 34.5 Å². The number of aliphatic hydroxyl groups is 8. The van der Waals surface area contributed by atoms with E-state index in [4.69, 9.17) is 37.3 Å². The van der Waals surface area contributed by atoms with Crippen LogP contribution >= 0.6 is 0 Å². The molecule has 0 bridgehead atoms. The Morgan fingerprint density at radius 1 is 0.303 bits per heavy atom. The molecule has 0 unspecified atom stereocenters. The first kappa shape index (κ1) is 99.9. The Kier molecular flexibility index (Phi) is 31.9. The molecule has 2 aliphatic carbocycles. The molecule has 0 spiro atoms. The van der Waals surface area contributed by atoms with E-state index in [0.717, 1.165) is 248 Å². The van der Waals surface area contributed by atoms with Crippen molar-refractivity contribution >= 4 is 66.4 Å². The Labute approximate surface area is 827 Å². The minimum atomic E-state index is -0.125. The van der Waals surface area contributed by atoms with E-state index >= 15 is 0 Å². The van der Waals surface area contributed by atoms with Gasteiger partial charge in [0.05, 0.1) is 225 Å². The Hall–Kier alpha value is -9.61. The Bertz CT molecular complexity index is 6660. The first-order valence-corrected chi connectivity index (χ1v) is 43.8. The van der Waals surface area contributed by atoms with Gasteiger partial charge in [0.2, 0.25) is 0 Å². The summed E-state index contributed by atoms with van der Waals surface area (Å²) in [6.07, 6.45) is 15.1. The summed E-state index contributed by atoms with van der Waals surface area (Å²) in [5.41, 5.74) is 26.5. The molecule has 4 aliphatic heterocycles. The summed E-state index contributed by atoms with van der Waals surface area (Å²) in [4.78, 5) is 8.52. The van der Waals surface area contributed by atoms with Gasteiger partial charge < -0.3 is 78.1 Å². The van der Waals surface area contributed by atoms with Crippen LogP contribution in [-0.2, 0) is 189 Å². The van der Waals surface area contributed by atoms with Crippen LogP contribution in [0.4, 0.5) is 23.3 Å². The molecule has 6 aliphatic rings. The van der Waals surface area contributed by atoms with Crippen molar-refractivity contribution in [2.24, 2.45) is 0 Å². The van der Waals surface area contributed by atoms with Crippen molar-refractivity contribution in [3.63, 3.8) is 0 Å². The number of methoxy groups -OCH3 is 6. The monoisotopic (exact) mass is 2470 g/mol. The molecule has 0 radical (unpaired) electrons. The zero-order chi connectivity index (χ0) is 89.9. The summed E-state index contributed by atoms with van der Waals surface area (Å²) in [6, 6.07) is 42.0. The van der Waals surface area contributed by atoms with Crippen molar-refractivity contribution in [3.05, 3.63) is 224 Å². The summed E-state index contributed by atoms with van der Waals surface area (Å²) in [6.45, 7) is 2.55. The van der Waals surface area contributed by atoms with Crippen LogP contribution in [0.15, 0.2) is 155 Å². The van der Waals surface area contributed by atoms with Crippen LogP contribution in [0.3, 0.4) is 0 Å². The fourth-order valence-electron chi connectivity index (χ4n) is 20.2. The predicted octanol–water partition coefficient (Wildman–Crippen LogP) is 13.9. The average molecular weight is 2470 g/mol. The second kappa shape index (κ2) is 42.1. The minimum Gasteiger partial charge on any atom is -0.496 e. The van der Waals surface area contributed by atoms with E-state index in [0.29, 0.717) is 17.6 Å². The number of ether oxygens (including phenoxy) is 6. The molecule has 24 nitrogen and oxygen atoms in total. The van der Waals surface area contributed by atoms with Crippen molar-refractivity contribution in [1.82, 2.24) is 0 Å². The van der Waals surface area contributed by atoms with Crippen molar-refractivity contribution in [2.75, 3.05) is 119 Å². The van der Waals surface area contributed by atoms with Gasteiger partial charge in [-0.25, -0.2) is 18.3 Å². The summed E-state index contributed by atoms with van der Waals surface area (Å²) in [5.74, 6) is 10.5. The number of fused-ring (bicyclic) bond motifs is 16. The van der Waals surface area contributed by atoms with E-state index in [1.54, 1.807) is 67.7 Å². The number of rotatable bonds is 22. The molecule has 8 aromatic carbocycles. The van der Waals surface area contributed by atoms with Gasteiger partial charge in [-0.05, 0) is 242 Å². The molecule has 0 amide bonds. The van der Waals surface area contributed by atoms with Crippen molar-refractivity contribution < 1.29 is 181 Å². The normalized spacial score (nSPS) is 13.3. The molecular weight excluding hydrogens is 2350 g/mol. The summed E-state index contributed by atoms with van der Waals surface area (Å²) in [5, 5.41) is 87.2. The fraction of sp³-hybridized carbons (Fsp3) is 0.346. The molecule has 0 saturated heterocycles. The maximum atomic E-state index is 9.89. The second-order valence-corrected chi connectivity index (χ2v) is 34.8. The standard InChI is InChI=1S/C27H29N2O5.C26H31N2O4.C26H27N2O4.C25H29N2O3.4W/c1-28(2)27-22-10-19(14-31)18(13-30)9-17(22)11-24-23-12-21(16-6-8-34-15-16)26(33-4)25(32-3)20(23)5-7-29(24)27;1-27(2)26-21-10-18(14-30)17(13-29)9-16(21)11-23-22-12-20(15-5-6-15)25(32-4)24(31-3)19(22)7-8-28(23)26;1-27(2)26-23-9-20(14-30)19(13-29)8-18(23)10-24-21-12-22(17-5-7-32-15-17)25(31-3)11-16(21)4-6-28(24)26;1-26(2)25-22-9-19(14-29)18(13-28)8-17(22)10-23-20-12-21(15-4-5-15)24(30-3)11-16(20)6-7-27(23)25;;;;/h6,8-12,15,30-31H,5,7,13-14H2,1-4H3;9-12,15,29-30H,5-8,13-14H2,1-4H3;5,7-12,15,29-30H,4,6,13-14H2,1-3H3;8-12,15,28-29H,4-7,13-14H2,1-3H3;;;;/q4*+1;;;;. The number of hydrogen-bond acceptors (Lipinski definition) is 20. The van der Waals surface area contributed by atoms with E-state index in [9.17, 15) is 40.9 Å². The molecule has 6 aromatic heterocycles. The van der Waals surface area contributed by atoms with E-state index < -0.39 is 0 Å². The zero-order valence-corrected chi connectivity index (χ0v) is 88.9. The van der Waals surface area contributed by atoms with Crippen molar-refractivity contribution in [3.8, 4) is 102 Å². The number of benzene rings is 8. The van der Waals surface area contributed by atoms with Gasteiger partial charge in [-0.1, -0.05) is 0 Å². The molecule has 0 atom stereocenters. The average Bonchev–Trinajstić information content (AvgIpc) is 0.780. The van der Waals surface area contributed by atoms with Gasteiger partial charge in [0.15, 0.2) is 23.0 Å². The second-order valence-electron chi connectivity index (χ2n) is 34.8. The number of nitrogens with zero attached hydrogens (tertiary/aromatic N) is 8. The molecule has 28 heteroatoms. The van der Waals surface area contributed by atoms with E-state index in [1.807, 2.05) is 88.9 Å². The summed E-state index contributed by atoms with van der Waals surface area (Å²) in [7, 11) is 26.7. The fourth-order valence-corrected chi connectivity index (χ4v) is 20.2. The van der Waals surface area contributed by atoms with Gasteiger partial charge in [0.1, 0.15) is 34.3 Å². The molecular formula is C104H116N8O16W4+4. The number of pyridine rings is 4. The van der Waals surface area contributed by atoms with Crippen LogP contribution in [0, 0.1) is 0 Å². The van der Waals surface area contributed by atoms with Crippen molar-refractivity contribution in [2.45, 2.75) is 142 Å². The molecule has 688 valence electrons. The molecule has 20 rings (SSSR count). The summed E-state index contributed by atoms with van der Waals surface area (Å²) >= 11 is 0. The zero-order valence-electron chi connectivity index (χ0n) is 77.2. The SMILES string of the molecule is COc1c(-c2ccoc2)cc2c(c1OC)CC[n+]1c-2cc2cc(CO)c(CO)cc2c1N(C)C.COc1c(C2CC2)cc2c(c1OC)CC[n+]1c-2cc2cc(CO)c(CO)cc2c1N(C)C.COc1cc2c(cc1-c1ccoc1)-c1cc3cc(CO)c(CO)cc3c(N(C)C)[n+]1CC2.COc1cc2c(cc1C1CC1)-c1cc3cc(CO)c(CO)cc3c(N(C)C)[n+]1CC2.[W].[W].[W].[W]. The van der Waals surface area contributed by atoms with Gasteiger partial charge in [-0.15, -0.1) is 0 Å². The van der Waals surface area contributed by atoms with E-state index in [-0.39, 0.29) is 137 Å². The van der Waals surface area contributed by atoms with Crippen LogP contribution in [0.1, 0.15) is 115 Å². The number of aryl methyl sites for hydroxylation is 2. The molecule has 2 saturated carbocycles. The quantitative estimate of drug-likeness (QED) is 0.0293. The van der Waals surface area contributed by atoms with Gasteiger partial charge >= 0.3 is 0 Å². The van der Waals surface area contributed by atoms with Gasteiger partial charge in [0, 0.05) is 171 Å². The molecule has 132 heavy (non-hydrogen) atoms. The number of hydrogen-bond donors (Lipinski definition) is 8. The van der Waals surface area contributed by atoms with E-state index in [1.165, 1.54) is 70.3 Å². The first-order valence-electron chi connectivity index (χ1n) is 43.8. The number of anilines is 4. The minimum absolute atomic E-state index is 0. The maximum Gasteiger partial charge on any atom is 0.284 e. The first-order chi connectivity index (χ1) is 62.1. The predicted molar refractivity (Wildman–Crippen MR) is 496 cm³/mol.